The van der Waals surface area contributed by atoms with E-state index in [9.17, 15) is 4.79 Å². The van der Waals surface area contributed by atoms with Crippen molar-refractivity contribution >= 4 is 5.91 Å². The van der Waals surface area contributed by atoms with Crippen molar-refractivity contribution in [2.45, 2.75) is 71.3 Å². The van der Waals surface area contributed by atoms with Gasteiger partial charge in [0.05, 0.1) is 6.54 Å². The predicted molar refractivity (Wildman–Crippen MR) is 83.7 cm³/mol. The summed E-state index contributed by atoms with van der Waals surface area (Å²) in [6, 6.07) is 0.565. The van der Waals surface area contributed by atoms with Gasteiger partial charge in [0, 0.05) is 12.6 Å². The average Bonchev–Trinajstić information content (AvgIpc) is 2.50. The fraction of sp³-hybridized carbons (Fsp3) is 0.941. The molecule has 0 bridgehead atoms. The lowest BCUT2D eigenvalue weighted by Gasteiger charge is -2.44. The smallest absolute Gasteiger partial charge is 0.237 e. The number of rotatable bonds is 6. The van der Waals surface area contributed by atoms with E-state index in [1.807, 2.05) is 0 Å². The van der Waals surface area contributed by atoms with Crippen LogP contribution in [0.25, 0.3) is 0 Å². The lowest BCUT2D eigenvalue weighted by Crippen LogP contribution is -2.52. The Labute approximate surface area is 124 Å². The van der Waals surface area contributed by atoms with Crippen LogP contribution in [0.2, 0.25) is 0 Å². The van der Waals surface area contributed by atoms with E-state index in [0.717, 1.165) is 25.6 Å². The first kappa shape index (κ1) is 15.8. The number of nitrogens with zero attached hydrogens (tertiary/aromatic N) is 2. The van der Waals surface area contributed by atoms with Crippen LogP contribution in [-0.2, 0) is 4.79 Å². The molecule has 2 rings (SSSR count). The molecule has 1 amide bonds. The molecular weight excluding hydrogens is 248 g/mol. The van der Waals surface area contributed by atoms with Gasteiger partial charge in [0.25, 0.3) is 0 Å². The number of likely N-dealkylation sites (N-methyl/N-ethyl adjacent to an activating group) is 1. The van der Waals surface area contributed by atoms with Gasteiger partial charge < -0.3 is 4.90 Å². The van der Waals surface area contributed by atoms with Crippen molar-refractivity contribution in [1.82, 2.24) is 9.80 Å². The third-order valence-corrected chi connectivity index (χ3v) is 5.20. The molecule has 1 saturated heterocycles. The highest BCUT2D eigenvalue weighted by molar-refractivity contribution is 5.78. The standard InChI is InChI=1S/C17H32N2O/c1-3-5-12-18(4-2)14-17(20)19-13-8-10-15-9-6-7-11-16(15)19/h15-16H,3-14H2,1-2H3. The molecule has 1 aliphatic heterocycles. The highest BCUT2D eigenvalue weighted by Crippen LogP contribution is 2.35. The Hall–Kier alpha value is -0.570. The molecule has 3 nitrogen and oxygen atoms in total. The summed E-state index contributed by atoms with van der Waals surface area (Å²) in [5, 5.41) is 0. The van der Waals surface area contributed by atoms with E-state index in [2.05, 4.69) is 23.6 Å². The molecule has 2 aliphatic rings. The predicted octanol–water partition coefficient (Wildman–Crippen LogP) is 3.29. The molecule has 2 atom stereocenters. The molecule has 116 valence electrons. The van der Waals surface area contributed by atoms with Gasteiger partial charge in [-0.05, 0) is 51.1 Å². The Kier molecular flexibility index (Phi) is 6.34. The van der Waals surface area contributed by atoms with Gasteiger partial charge in [-0.25, -0.2) is 0 Å². The van der Waals surface area contributed by atoms with Crippen molar-refractivity contribution in [3.63, 3.8) is 0 Å². The summed E-state index contributed by atoms with van der Waals surface area (Å²) in [6.07, 6.45) is 10.3. The van der Waals surface area contributed by atoms with Crippen LogP contribution in [0.3, 0.4) is 0 Å². The minimum absolute atomic E-state index is 0.388. The Morgan fingerprint density at radius 3 is 2.65 bits per heavy atom. The number of unbranched alkanes of at least 4 members (excludes halogenated alkanes) is 1. The van der Waals surface area contributed by atoms with E-state index in [4.69, 9.17) is 0 Å². The van der Waals surface area contributed by atoms with Crippen LogP contribution in [0.15, 0.2) is 0 Å². The molecule has 3 heteroatoms. The van der Waals surface area contributed by atoms with Gasteiger partial charge in [0.2, 0.25) is 5.91 Å². The monoisotopic (exact) mass is 280 g/mol. The summed E-state index contributed by atoms with van der Waals surface area (Å²) < 4.78 is 0. The average molecular weight is 280 g/mol. The van der Waals surface area contributed by atoms with Crippen molar-refractivity contribution in [1.29, 1.82) is 0 Å². The fourth-order valence-corrected chi connectivity index (χ4v) is 3.95. The molecule has 0 aromatic rings. The maximum atomic E-state index is 12.7. The minimum atomic E-state index is 0.388. The molecule has 0 spiro atoms. The van der Waals surface area contributed by atoms with E-state index in [1.54, 1.807) is 0 Å². The largest absolute Gasteiger partial charge is 0.338 e. The van der Waals surface area contributed by atoms with Gasteiger partial charge in [-0.3, -0.25) is 9.69 Å². The highest BCUT2D eigenvalue weighted by Gasteiger charge is 2.35. The van der Waals surface area contributed by atoms with Gasteiger partial charge in [-0.1, -0.05) is 33.1 Å². The number of hydrogen-bond donors (Lipinski definition) is 0. The van der Waals surface area contributed by atoms with Crippen LogP contribution in [0.4, 0.5) is 0 Å². The van der Waals surface area contributed by atoms with Crippen LogP contribution in [0.5, 0.6) is 0 Å². The molecule has 0 radical (unpaired) electrons. The van der Waals surface area contributed by atoms with Crippen LogP contribution in [-0.4, -0.2) is 47.9 Å². The second-order valence-electron chi connectivity index (χ2n) is 6.56. The zero-order valence-electron chi connectivity index (χ0n) is 13.4. The van der Waals surface area contributed by atoms with E-state index in [-0.39, 0.29) is 0 Å². The number of piperidine rings is 1. The van der Waals surface area contributed by atoms with Gasteiger partial charge in [0.1, 0.15) is 0 Å². The maximum absolute atomic E-state index is 12.7. The molecule has 1 saturated carbocycles. The van der Waals surface area contributed by atoms with Gasteiger partial charge in [-0.2, -0.15) is 0 Å². The first-order chi connectivity index (χ1) is 9.76. The van der Waals surface area contributed by atoms with Crippen LogP contribution in [0.1, 0.15) is 65.2 Å². The second kappa shape index (κ2) is 8.02. The van der Waals surface area contributed by atoms with Gasteiger partial charge in [-0.15, -0.1) is 0 Å². The first-order valence-electron chi connectivity index (χ1n) is 8.78. The molecule has 0 aromatic carbocycles. The third-order valence-electron chi connectivity index (χ3n) is 5.20. The zero-order chi connectivity index (χ0) is 14.4. The number of likely N-dealkylation sites (tertiary alicyclic amines) is 1. The number of amides is 1. The number of carbonyl (C=O) groups excluding carboxylic acids is 1. The van der Waals surface area contributed by atoms with Gasteiger partial charge in [0.15, 0.2) is 0 Å². The van der Waals surface area contributed by atoms with E-state index in [0.29, 0.717) is 18.5 Å². The lowest BCUT2D eigenvalue weighted by molar-refractivity contribution is -0.138. The van der Waals surface area contributed by atoms with E-state index < -0.39 is 0 Å². The van der Waals surface area contributed by atoms with Crippen molar-refractivity contribution in [2.75, 3.05) is 26.2 Å². The normalized spacial score (nSPS) is 26.6. The number of hydrogen-bond acceptors (Lipinski definition) is 2. The van der Waals surface area contributed by atoms with Crippen LogP contribution < -0.4 is 0 Å². The van der Waals surface area contributed by atoms with Gasteiger partial charge >= 0.3 is 0 Å². The molecule has 1 heterocycles. The summed E-state index contributed by atoms with van der Waals surface area (Å²) in [4.78, 5) is 17.2. The molecule has 0 N–H and O–H groups in total. The van der Waals surface area contributed by atoms with Crippen molar-refractivity contribution in [3.8, 4) is 0 Å². The Balaban J connectivity index is 1.89. The maximum Gasteiger partial charge on any atom is 0.237 e. The Bertz CT molecular complexity index is 303. The summed E-state index contributed by atoms with van der Waals surface area (Å²) in [5.41, 5.74) is 0. The zero-order valence-corrected chi connectivity index (χ0v) is 13.4. The summed E-state index contributed by atoms with van der Waals surface area (Å²) in [5.74, 6) is 1.19. The van der Waals surface area contributed by atoms with Crippen LogP contribution >= 0.6 is 0 Å². The molecule has 2 unspecified atom stereocenters. The second-order valence-corrected chi connectivity index (χ2v) is 6.56. The quantitative estimate of drug-likeness (QED) is 0.745. The highest BCUT2D eigenvalue weighted by atomic mass is 16.2. The fourth-order valence-electron chi connectivity index (χ4n) is 3.95. The summed E-state index contributed by atoms with van der Waals surface area (Å²) in [7, 11) is 0. The van der Waals surface area contributed by atoms with Crippen molar-refractivity contribution in [2.24, 2.45) is 5.92 Å². The summed E-state index contributed by atoms with van der Waals surface area (Å²) >= 11 is 0. The SMILES string of the molecule is CCCCN(CC)CC(=O)N1CCCC2CCCCC21. The first-order valence-corrected chi connectivity index (χ1v) is 8.78. The molecule has 20 heavy (non-hydrogen) atoms. The number of carbonyl (C=O) groups is 1. The molecule has 2 fully saturated rings. The van der Waals surface area contributed by atoms with E-state index >= 15 is 0 Å². The topological polar surface area (TPSA) is 23.6 Å². The Morgan fingerprint density at radius 2 is 1.90 bits per heavy atom. The van der Waals surface area contributed by atoms with Crippen LogP contribution in [0, 0.1) is 5.92 Å². The van der Waals surface area contributed by atoms with Crippen molar-refractivity contribution < 1.29 is 4.79 Å². The molecule has 1 aliphatic carbocycles. The minimum Gasteiger partial charge on any atom is -0.338 e. The Morgan fingerprint density at radius 1 is 1.15 bits per heavy atom. The lowest BCUT2D eigenvalue weighted by atomic mass is 9.78. The van der Waals surface area contributed by atoms with E-state index in [1.165, 1.54) is 51.4 Å². The molecular formula is C17H32N2O. The summed E-state index contributed by atoms with van der Waals surface area (Å²) in [6.45, 7) is 8.09. The third kappa shape index (κ3) is 3.97. The molecule has 0 aromatic heterocycles. The number of fused-ring (bicyclic) bond motifs is 1. The van der Waals surface area contributed by atoms with Crippen molar-refractivity contribution in [3.05, 3.63) is 0 Å².